The van der Waals surface area contributed by atoms with E-state index in [2.05, 4.69) is 42.9 Å². The highest BCUT2D eigenvalue weighted by molar-refractivity contribution is 9.10. The number of hydrogen-bond acceptors (Lipinski definition) is 3. The molecule has 1 saturated heterocycles. The number of nitrogens with one attached hydrogen (secondary N) is 1. The quantitative estimate of drug-likeness (QED) is 0.903. The highest BCUT2D eigenvalue weighted by Gasteiger charge is 2.26. The second kappa shape index (κ2) is 6.08. The largest absolute Gasteiger partial charge is 0.340 e. The van der Waals surface area contributed by atoms with Gasteiger partial charge in [0, 0.05) is 12.1 Å². The maximum absolute atomic E-state index is 5.99. The molecule has 1 aliphatic rings. The predicted molar refractivity (Wildman–Crippen MR) is 84.3 cm³/mol. The van der Waals surface area contributed by atoms with Gasteiger partial charge in [-0.1, -0.05) is 30.3 Å². The van der Waals surface area contributed by atoms with E-state index in [1.165, 1.54) is 12.8 Å². The summed E-state index contributed by atoms with van der Waals surface area (Å²) in [5.41, 5.74) is 8.18. The van der Waals surface area contributed by atoms with E-state index >= 15 is 0 Å². The Labute approximate surface area is 127 Å². The lowest BCUT2D eigenvalue weighted by molar-refractivity contribution is 0.246. The number of benzene rings is 1. The van der Waals surface area contributed by atoms with Crippen molar-refractivity contribution in [3.8, 4) is 11.4 Å². The van der Waals surface area contributed by atoms with Crippen LogP contribution in [0, 0.1) is 0 Å². The number of H-pyrrole nitrogens is 1. The molecular weight excluding hydrogens is 316 g/mol. The van der Waals surface area contributed by atoms with E-state index in [-0.39, 0.29) is 6.04 Å². The van der Waals surface area contributed by atoms with Crippen LogP contribution in [-0.4, -0.2) is 34.5 Å². The zero-order valence-corrected chi connectivity index (χ0v) is 12.9. The third kappa shape index (κ3) is 2.66. The Morgan fingerprint density at radius 2 is 1.95 bits per heavy atom. The molecule has 3 rings (SSSR count). The average molecular weight is 335 g/mol. The minimum Gasteiger partial charge on any atom is -0.340 e. The van der Waals surface area contributed by atoms with Crippen molar-refractivity contribution in [2.24, 2.45) is 5.73 Å². The van der Waals surface area contributed by atoms with E-state index in [0.717, 1.165) is 34.8 Å². The van der Waals surface area contributed by atoms with Crippen molar-refractivity contribution in [2.45, 2.75) is 18.9 Å². The topological polar surface area (TPSA) is 57.9 Å². The van der Waals surface area contributed by atoms with Crippen LogP contribution in [0.15, 0.2) is 34.9 Å². The van der Waals surface area contributed by atoms with Crippen molar-refractivity contribution in [2.75, 3.05) is 19.6 Å². The Morgan fingerprint density at radius 1 is 1.25 bits per heavy atom. The molecule has 2 aromatic rings. The lowest BCUT2D eigenvalue weighted by Gasteiger charge is -2.25. The molecule has 20 heavy (non-hydrogen) atoms. The third-order valence-electron chi connectivity index (χ3n) is 3.87. The fraction of sp³-hybridized carbons (Fsp3) is 0.400. The van der Waals surface area contributed by atoms with Crippen molar-refractivity contribution in [3.63, 3.8) is 0 Å². The van der Waals surface area contributed by atoms with Gasteiger partial charge in [-0.25, -0.2) is 4.98 Å². The van der Waals surface area contributed by atoms with Gasteiger partial charge >= 0.3 is 0 Å². The van der Waals surface area contributed by atoms with Crippen LogP contribution in [-0.2, 0) is 0 Å². The van der Waals surface area contributed by atoms with Crippen molar-refractivity contribution >= 4 is 15.9 Å². The number of hydrogen-bond donors (Lipinski definition) is 2. The Kier molecular flexibility index (Phi) is 4.19. The van der Waals surface area contributed by atoms with Crippen molar-refractivity contribution < 1.29 is 0 Å². The Balaban J connectivity index is 1.91. The first-order valence-corrected chi connectivity index (χ1v) is 7.84. The monoisotopic (exact) mass is 334 g/mol. The lowest BCUT2D eigenvalue weighted by Crippen LogP contribution is -2.31. The van der Waals surface area contributed by atoms with Crippen LogP contribution >= 0.6 is 15.9 Å². The van der Waals surface area contributed by atoms with Crippen molar-refractivity contribution in [3.05, 3.63) is 40.6 Å². The molecule has 0 aliphatic carbocycles. The molecule has 0 amide bonds. The first-order valence-electron chi connectivity index (χ1n) is 7.04. The van der Waals surface area contributed by atoms with Crippen molar-refractivity contribution in [1.29, 1.82) is 0 Å². The van der Waals surface area contributed by atoms with Gasteiger partial charge in [0.05, 0.1) is 11.7 Å². The molecule has 106 valence electrons. The van der Waals surface area contributed by atoms with Gasteiger partial charge < -0.3 is 10.7 Å². The smallest absolute Gasteiger partial charge is 0.138 e. The van der Waals surface area contributed by atoms with Gasteiger partial charge in [0.15, 0.2) is 0 Å². The summed E-state index contributed by atoms with van der Waals surface area (Å²) in [6, 6.07) is 10.4. The maximum Gasteiger partial charge on any atom is 0.138 e. The molecule has 0 spiro atoms. The van der Waals surface area contributed by atoms with Gasteiger partial charge in [0.1, 0.15) is 10.4 Å². The van der Waals surface area contributed by atoms with Crippen LogP contribution in [0.5, 0.6) is 0 Å². The number of likely N-dealkylation sites (tertiary alicyclic amines) is 1. The van der Waals surface area contributed by atoms with E-state index in [4.69, 9.17) is 5.73 Å². The summed E-state index contributed by atoms with van der Waals surface area (Å²) in [4.78, 5) is 10.5. The number of aromatic amines is 1. The molecule has 0 radical (unpaired) electrons. The van der Waals surface area contributed by atoms with Gasteiger partial charge in [-0.15, -0.1) is 0 Å². The summed E-state index contributed by atoms with van der Waals surface area (Å²) < 4.78 is 0.874. The van der Waals surface area contributed by atoms with Gasteiger partial charge in [-0.2, -0.15) is 0 Å². The highest BCUT2D eigenvalue weighted by atomic mass is 79.9. The first-order chi connectivity index (χ1) is 9.79. The fourth-order valence-corrected chi connectivity index (χ4v) is 3.36. The van der Waals surface area contributed by atoms with Crippen LogP contribution in [0.3, 0.4) is 0 Å². The SMILES string of the molecule is NCC(c1[nH]c(-c2ccccc2)nc1Br)N1CCCC1. The molecular formula is C15H19BrN4. The molecule has 1 atom stereocenters. The Bertz CT molecular complexity index is 561. The zero-order chi connectivity index (χ0) is 13.9. The van der Waals surface area contributed by atoms with E-state index in [1.807, 2.05) is 18.2 Å². The summed E-state index contributed by atoms with van der Waals surface area (Å²) in [6.07, 6.45) is 2.52. The first kappa shape index (κ1) is 13.8. The molecule has 1 aromatic heterocycles. The van der Waals surface area contributed by atoms with Crippen LogP contribution < -0.4 is 5.73 Å². The van der Waals surface area contributed by atoms with Crippen LogP contribution in [0.4, 0.5) is 0 Å². The summed E-state index contributed by atoms with van der Waals surface area (Å²) in [5.74, 6) is 0.894. The molecule has 0 saturated carbocycles. The van der Waals surface area contributed by atoms with Gasteiger partial charge in [0.2, 0.25) is 0 Å². The van der Waals surface area contributed by atoms with Gasteiger partial charge in [0.25, 0.3) is 0 Å². The Hall–Kier alpha value is -1.17. The number of nitrogens with two attached hydrogens (primary N) is 1. The number of aromatic nitrogens is 2. The average Bonchev–Trinajstić information content (AvgIpc) is 3.12. The van der Waals surface area contributed by atoms with Gasteiger partial charge in [-0.3, -0.25) is 4.90 Å². The minimum absolute atomic E-state index is 0.219. The lowest BCUT2D eigenvalue weighted by atomic mass is 10.2. The summed E-state index contributed by atoms with van der Waals surface area (Å²) >= 11 is 3.58. The van der Waals surface area contributed by atoms with E-state index in [0.29, 0.717) is 6.54 Å². The summed E-state index contributed by atoms with van der Waals surface area (Å²) in [5, 5.41) is 0. The van der Waals surface area contributed by atoms with Crippen LogP contribution in [0.2, 0.25) is 0 Å². The van der Waals surface area contributed by atoms with E-state index in [9.17, 15) is 0 Å². The maximum atomic E-state index is 5.99. The fourth-order valence-electron chi connectivity index (χ4n) is 2.82. The number of rotatable bonds is 4. The number of imidazole rings is 1. The molecule has 5 heteroatoms. The molecule has 1 unspecified atom stereocenters. The van der Waals surface area contributed by atoms with Crippen molar-refractivity contribution in [1.82, 2.24) is 14.9 Å². The number of nitrogens with zero attached hydrogens (tertiary/aromatic N) is 2. The van der Waals surface area contributed by atoms with Crippen LogP contribution in [0.25, 0.3) is 11.4 Å². The molecule has 3 N–H and O–H groups in total. The van der Waals surface area contributed by atoms with Gasteiger partial charge in [-0.05, 0) is 41.9 Å². The summed E-state index contributed by atoms with van der Waals surface area (Å²) in [6.45, 7) is 2.84. The normalized spacial score (nSPS) is 17.5. The van der Waals surface area contributed by atoms with Crippen LogP contribution in [0.1, 0.15) is 24.6 Å². The second-order valence-electron chi connectivity index (χ2n) is 5.15. The van der Waals surface area contributed by atoms with E-state index in [1.54, 1.807) is 0 Å². The molecule has 1 aromatic carbocycles. The predicted octanol–water partition coefficient (Wildman–Crippen LogP) is 2.93. The molecule has 1 aliphatic heterocycles. The number of halogens is 1. The minimum atomic E-state index is 0.219. The molecule has 1 fully saturated rings. The summed E-state index contributed by atoms with van der Waals surface area (Å²) in [7, 11) is 0. The molecule has 0 bridgehead atoms. The second-order valence-corrected chi connectivity index (χ2v) is 5.90. The standard InChI is InChI=1S/C15H19BrN4/c16-14-13(12(10-17)20-8-4-5-9-20)18-15(19-14)11-6-2-1-3-7-11/h1-3,6-7,12H,4-5,8-10,17H2,(H,18,19). The third-order valence-corrected chi connectivity index (χ3v) is 4.47. The van der Waals surface area contributed by atoms with E-state index < -0.39 is 0 Å². The molecule has 2 heterocycles. The zero-order valence-electron chi connectivity index (χ0n) is 11.3. The molecule has 4 nitrogen and oxygen atoms in total. The Morgan fingerprint density at radius 3 is 2.60 bits per heavy atom. The highest BCUT2D eigenvalue weighted by Crippen LogP contribution is 2.30.